The van der Waals surface area contributed by atoms with E-state index in [0.717, 1.165) is 5.69 Å². The zero-order chi connectivity index (χ0) is 17.1. The summed E-state index contributed by atoms with van der Waals surface area (Å²) >= 11 is 0. The van der Waals surface area contributed by atoms with E-state index in [4.69, 9.17) is 9.15 Å². The number of pyridine rings is 1. The number of aliphatic hydroxyl groups excluding tert-OH is 1. The van der Waals surface area contributed by atoms with Crippen molar-refractivity contribution in [2.24, 2.45) is 0 Å². The van der Waals surface area contributed by atoms with Gasteiger partial charge in [-0.2, -0.15) is 0 Å². The highest BCUT2D eigenvalue weighted by Gasteiger charge is 2.16. The normalized spacial score (nSPS) is 12.1. The van der Waals surface area contributed by atoms with Gasteiger partial charge in [-0.1, -0.05) is 0 Å². The maximum Gasteiger partial charge on any atom is 0.252 e. The number of nitrogens with zero attached hydrogens (tertiary/aromatic N) is 1. The van der Waals surface area contributed by atoms with Gasteiger partial charge in [-0.15, -0.1) is 0 Å². The number of aryl methyl sites for hydroxylation is 1. The Labute approximate surface area is 139 Å². The Morgan fingerprint density at radius 1 is 1.38 bits per heavy atom. The van der Waals surface area contributed by atoms with E-state index < -0.39 is 6.10 Å². The van der Waals surface area contributed by atoms with Crippen molar-refractivity contribution in [1.29, 1.82) is 0 Å². The van der Waals surface area contributed by atoms with Crippen molar-refractivity contribution < 1.29 is 19.1 Å². The number of furan rings is 1. The molecule has 0 saturated heterocycles. The summed E-state index contributed by atoms with van der Waals surface area (Å²) < 4.78 is 10.3. The van der Waals surface area contributed by atoms with E-state index >= 15 is 0 Å². The predicted octanol–water partition coefficient (Wildman–Crippen LogP) is 2.61. The average molecular weight is 326 g/mol. The van der Waals surface area contributed by atoms with Crippen LogP contribution in [0.15, 0.2) is 47.1 Å². The van der Waals surface area contributed by atoms with Crippen molar-refractivity contribution in [2.45, 2.75) is 13.0 Å². The molecule has 3 rings (SSSR count). The van der Waals surface area contributed by atoms with E-state index in [1.807, 2.05) is 13.0 Å². The van der Waals surface area contributed by atoms with E-state index in [1.165, 1.54) is 6.26 Å². The molecule has 0 aliphatic carbocycles. The molecule has 0 fully saturated rings. The fourth-order valence-corrected chi connectivity index (χ4v) is 2.52. The summed E-state index contributed by atoms with van der Waals surface area (Å²) in [5.74, 6) is 0.773. The first-order valence-electron chi connectivity index (χ1n) is 7.53. The highest BCUT2D eigenvalue weighted by atomic mass is 16.5. The number of carbonyl (C=O) groups is 1. The Hall–Kier alpha value is -2.86. The number of benzene rings is 1. The van der Waals surface area contributed by atoms with Crippen LogP contribution in [0, 0.1) is 6.92 Å². The minimum Gasteiger partial charge on any atom is -0.497 e. The topological polar surface area (TPSA) is 84.6 Å². The molecule has 0 aliphatic heterocycles. The molecular formula is C18H18N2O4. The van der Waals surface area contributed by atoms with Crippen LogP contribution >= 0.6 is 0 Å². The Morgan fingerprint density at radius 3 is 2.92 bits per heavy atom. The molecule has 1 amide bonds. The lowest BCUT2D eigenvalue weighted by atomic mass is 10.1. The van der Waals surface area contributed by atoms with Gasteiger partial charge < -0.3 is 19.6 Å². The molecule has 0 spiro atoms. The van der Waals surface area contributed by atoms with Gasteiger partial charge in [0, 0.05) is 11.1 Å². The van der Waals surface area contributed by atoms with Crippen LogP contribution in [-0.4, -0.2) is 29.7 Å². The standard InChI is InChI=1S/C18H18N2O4/c1-11-8-14(13-9-12(23-2)5-6-15(13)20-11)18(22)19-10-16(21)17-4-3-7-24-17/h3-9,16,21H,10H2,1-2H3,(H,19,22)/t16-/m1/s1. The van der Waals surface area contributed by atoms with E-state index in [0.29, 0.717) is 28.0 Å². The fourth-order valence-electron chi connectivity index (χ4n) is 2.52. The zero-order valence-corrected chi connectivity index (χ0v) is 13.4. The predicted molar refractivity (Wildman–Crippen MR) is 89.0 cm³/mol. The fraction of sp³-hybridized carbons (Fsp3) is 0.222. The van der Waals surface area contributed by atoms with E-state index in [1.54, 1.807) is 37.4 Å². The van der Waals surface area contributed by atoms with Crippen LogP contribution in [-0.2, 0) is 0 Å². The summed E-state index contributed by atoms with van der Waals surface area (Å²) in [6.07, 6.45) is 0.583. The van der Waals surface area contributed by atoms with Gasteiger partial charge in [0.2, 0.25) is 0 Å². The first kappa shape index (κ1) is 16.0. The molecule has 0 aliphatic rings. The molecule has 124 valence electrons. The number of carbonyl (C=O) groups excluding carboxylic acids is 1. The summed E-state index contributed by atoms with van der Waals surface area (Å²) in [4.78, 5) is 17.0. The van der Waals surface area contributed by atoms with Crippen molar-refractivity contribution >= 4 is 16.8 Å². The molecule has 24 heavy (non-hydrogen) atoms. The Bertz CT molecular complexity index is 859. The summed E-state index contributed by atoms with van der Waals surface area (Å²) in [7, 11) is 1.57. The molecule has 1 atom stereocenters. The number of fused-ring (bicyclic) bond motifs is 1. The minimum absolute atomic E-state index is 0.0547. The molecule has 6 nitrogen and oxygen atoms in total. The highest BCUT2D eigenvalue weighted by Crippen LogP contribution is 2.24. The lowest BCUT2D eigenvalue weighted by molar-refractivity contribution is 0.0902. The van der Waals surface area contributed by atoms with Gasteiger partial charge >= 0.3 is 0 Å². The number of nitrogens with one attached hydrogen (secondary N) is 1. The van der Waals surface area contributed by atoms with Crippen LogP contribution in [0.1, 0.15) is 27.9 Å². The Kier molecular flexibility index (Phi) is 4.48. The third kappa shape index (κ3) is 3.23. The maximum atomic E-state index is 12.6. The number of rotatable bonds is 5. The third-order valence-corrected chi connectivity index (χ3v) is 3.72. The molecule has 0 saturated carbocycles. The lowest BCUT2D eigenvalue weighted by Crippen LogP contribution is -2.28. The zero-order valence-electron chi connectivity index (χ0n) is 13.4. The number of aromatic nitrogens is 1. The summed E-state index contributed by atoms with van der Waals surface area (Å²) in [6.45, 7) is 1.89. The summed E-state index contributed by atoms with van der Waals surface area (Å²) in [5, 5.41) is 13.4. The Balaban J connectivity index is 1.86. The SMILES string of the molecule is COc1ccc2nc(C)cc(C(=O)NC[C@@H](O)c3ccco3)c2c1. The first-order chi connectivity index (χ1) is 11.6. The van der Waals surface area contributed by atoms with Crippen LogP contribution in [0.25, 0.3) is 10.9 Å². The number of ether oxygens (including phenoxy) is 1. The molecule has 2 aromatic heterocycles. The third-order valence-electron chi connectivity index (χ3n) is 3.72. The monoisotopic (exact) mass is 326 g/mol. The van der Waals surface area contributed by atoms with Gasteiger partial charge in [-0.25, -0.2) is 0 Å². The minimum atomic E-state index is -0.896. The van der Waals surface area contributed by atoms with Crippen LogP contribution in [0.4, 0.5) is 0 Å². The van der Waals surface area contributed by atoms with Crippen molar-refractivity contribution in [2.75, 3.05) is 13.7 Å². The van der Waals surface area contributed by atoms with E-state index in [-0.39, 0.29) is 12.5 Å². The molecule has 2 heterocycles. The van der Waals surface area contributed by atoms with Gasteiger partial charge in [-0.3, -0.25) is 9.78 Å². The molecule has 0 unspecified atom stereocenters. The molecule has 0 bridgehead atoms. The molecule has 6 heteroatoms. The molecule has 1 aromatic carbocycles. The van der Waals surface area contributed by atoms with Crippen molar-refractivity contribution in [3.63, 3.8) is 0 Å². The quantitative estimate of drug-likeness (QED) is 0.753. The molecular weight excluding hydrogens is 308 g/mol. The van der Waals surface area contributed by atoms with Crippen molar-refractivity contribution in [3.05, 3.63) is 59.7 Å². The molecule has 3 aromatic rings. The second kappa shape index (κ2) is 6.72. The summed E-state index contributed by atoms with van der Waals surface area (Å²) in [6, 6.07) is 10.5. The van der Waals surface area contributed by atoms with Crippen molar-refractivity contribution in [1.82, 2.24) is 10.3 Å². The smallest absolute Gasteiger partial charge is 0.252 e. The van der Waals surface area contributed by atoms with Gasteiger partial charge in [-0.05, 0) is 43.3 Å². The van der Waals surface area contributed by atoms with E-state index in [2.05, 4.69) is 10.3 Å². The maximum absolute atomic E-state index is 12.6. The number of methoxy groups -OCH3 is 1. The second-order valence-corrected chi connectivity index (χ2v) is 5.44. The largest absolute Gasteiger partial charge is 0.497 e. The number of aliphatic hydroxyl groups is 1. The van der Waals surface area contributed by atoms with E-state index in [9.17, 15) is 9.90 Å². The van der Waals surface area contributed by atoms with Crippen molar-refractivity contribution in [3.8, 4) is 5.75 Å². The lowest BCUT2D eigenvalue weighted by Gasteiger charge is -2.12. The Morgan fingerprint density at radius 2 is 2.21 bits per heavy atom. The number of amides is 1. The average Bonchev–Trinajstić information content (AvgIpc) is 3.13. The summed E-state index contributed by atoms with van der Waals surface area (Å²) in [5.41, 5.74) is 1.94. The van der Waals surface area contributed by atoms with Crippen LogP contribution in [0.3, 0.4) is 0 Å². The molecule has 0 radical (unpaired) electrons. The number of hydrogen-bond donors (Lipinski definition) is 2. The van der Waals surface area contributed by atoms with Gasteiger partial charge in [0.1, 0.15) is 17.6 Å². The van der Waals surface area contributed by atoms with Gasteiger partial charge in [0.25, 0.3) is 5.91 Å². The van der Waals surface area contributed by atoms with Gasteiger partial charge in [0.05, 0.1) is 31.0 Å². The van der Waals surface area contributed by atoms with Crippen LogP contribution < -0.4 is 10.1 Å². The first-order valence-corrected chi connectivity index (χ1v) is 7.53. The second-order valence-electron chi connectivity index (χ2n) is 5.44. The molecule has 2 N–H and O–H groups in total. The van der Waals surface area contributed by atoms with Crippen LogP contribution in [0.2, 0.25) is 0 Å². The highest BCUT2D eigenvalue weighted by molar-refractivity contribution is 6.06. The van der Waals surface area contributed by atoms with Gasteiger partial charge in [0.15, 0.2) is 0 Å². The number of hydrogen-bond acceptors (Lipinski definition) is 5. The van der Waals surface area contributed by atoms with Crippen LogP contribution in [0.5, 0.6) is 5.75 Å².